The highest BCUT2D eigenvalue weighted by Crippen LogP contribution is 2.32. The van der Waals surface area contributed by atoms with Crippen molar-refractivity contribution in [3.05, 3.63) is 59.9 Å². The molecule has 0 bridgehead atoms. The molecule has 0 spiro atoms. The van der Waals surface area contributed by atoms with Crippen LogP contribution in [0.25, 0.3) is 11.0 Å². The zero-order valence-corrected chi connectivity index (χ0v) is 15.0. The first-order valence-corrected chi connectivity index (χ1v) is 8.94. The van der Waals surface area contributed by atoms with Crippen molar-refractivity contribution in [3.8, 4) is 0 Å². The van der Waals surface area contributed by atoms with Crippen LogP contribution >= 0.6 is 0 Å². The van der Waals surface area contributed by atoms with Crippen molar-refractivity contribution in [3.63, 3.8) is 0 Å². The SMILES string of the molecule is Cc1cccc(NC(=O)c2oc3ccccc3c2NC(=O)C2CCCO2)c1. The van der Waals surface area contributed by atoms with Gasteiger partial charge in [0, 0.05) is 17.7 Å². The molecule has 2 N–H and O–H groups in total. The summed E-state index contributed by atoms with van der Waals surface area (Å²) >= 11 is 0. The van der Waals surface area contributed by atoms with Gasteiger partial charge in [-0.3, -0.25) is 9.59 Å². The Bertz CT molecular complexity index is 1000. The van der Waals surface area contributed by atoms with Gasteiger partial charge in [-0.25, -0.2) is 0 Å². The Hall–Kier alpha value is -3.12. The molecule has 1 aromatic heterocycles. The van der Waals surface area contributed by atoms with Crippen LogP contribution in [-0.2, 0) is 9.53 Å². The number of furan rings is 1. The molecule has 1 unspecified atom stereocenters. The van der Waals surface area contributed by atoms with Crippen molar-refractivity contribution in [1.29, 1.82) is 0 Å². The minimum absolute atomic E-state index is 0.0732. The van der Waals surface area contributed by atoms with E-state index in [1.54, 1.807) is 12.1 Å². The number of fused-ring (bicyclic) bond motifs is 1. The van der Waals surface area contributed by atoms with Crippen molar-refractivity contribution in [2.75, 3.05) is 17.2 Å². The maximum atomic E-state index is 12.8. The predicted octanol–water partition coefficient (Wildman–Crippen LogP) is 4.11. The first kappa shape index (κ1) is 17.3. The van der Waals surface area contributed by atoms with Crippen molar-refractivity contribution < 1.29 is 18.7 Å². The average Bonchev–Trinajstić information content (AvgIpc) is 3.30. The van der Waals surface area contributed by atoms with Gasteiger partial charge in [-0.05, 0) is 49.6 Å². The van der Waals surface area contributed by atoms with Crippen molar-refractivity contribution in [2.45, 2.75) is 25.9 Å². The number of amides is 2. The molecule has 1 aliphatic heterocycles. The number of aryl methyl sites for hydroxylation is 1. The molecule has 0 radical (unpaired) electrons. The van der Waals surface area contributed by atoms with Gasteiger partial charge in [0.2, 0.25) is 5.76 Å². The molecule has 4 rings (SSSR count). The van der Waals surface area contributed by atoms with E-state index in [0.717, 1.165) is 12.0 Å². The van der Waals surface area contributed by atoms with Crippen LogP contribution in [0.3, 0.4) is 0 Å². The summed E-state index contributed by atoms with van der Waals surface area (Å²) in [6.45, 7) is 2.52. The number of hydrogen-bond acceptors (Lipinski definition) is 4. The number of carbonyl (C=O) groups excluding carboxylic acids is 2. The highest BCUT2D eigenvalue weighted by atomic mass is 16.5. The lowest BCUT2D eigenvalue weighted by Crippen LogP contribution is -2.27. The number of hydrogen-bond donors (Lipinski definition) is 2. The zero-order chi connectivity index (χ0) is 18.8. The van der Waals surface area contributed by atoms with E-state index in [9.17, 15) is 9.59 Å². The molecule has 138 valence electrons. The second-order valence-electron chi connectivity index (χ2n) is 6.62. The minimum Gasteiger partial charge on any atom is -0.449 e. The summed E-state index contributed by atoms with van der Waals surface area (Å²) in [5, 5.41) is 6.34. The van der Waals surface area contributed by atoms with Gasteiger partial charge in [-0.1, -0.05) is 24.3 Å². The Kier molecular flexibility index (Phi) is 4.64. The summed E-state index contributed by atoms with van der Waals surface area (Å²) in [5.74, 6) is -0.604. The van der Waals surface area contributed by atoms with Gasteiger partial charge in [0.05, 0.1) is 0 Å². The normalized spacial score (nSPS) is 16.4. The summed E-state index contributed by atoms with van der Waals surface area (Å²) in [6, 6.07) is 14.7. The summed E-state index contributed by atoms with van der Waals surface area (Å²) in [6.07, 6.45) is 1.03. The standard InChI is InChI=1S/C21H20N2O4/c1-13-6-4-7-14(12-13)22-21(25)19-18(15-8-2-3-9-16(15)27-19)23-20(24)17-10-5-11-26-17/h2-4,6-9,12,17H,5,10-11H2,1H3,(H,22,25)(H,23,24). The van der Waals surface area contributed by atoms with Crippen LogP contribution in [0, 0.1) is 6.92 Å². The molecule has 1 fully saturated rings. The zero-order valence-electron chi connectivity index (χ0n) is 15.0. The third-order valence-corrected chi connectivity index (χ3v) is 4.55. The van der Waals surface area contributed by atoms with E-state index in [1.807, 2.05) is 43.3 Å². The van der Waals surface area contributed by atoms with Crippen molar-refractivity contribution in [1.82, 2.24) is 0 Å². The Balaban J connectivity index is 1.66. The molecular formula is C21H20N2O4. The van der Waals surface area contributed by atoms with E-state index < -0.39 is 12.0 Å². The summed E-state index contributed by atoms with van der Waals surface area (Å²) in [4.78, 5) is 25.4. The number of carbonyl (C=O) groups is 2. The van der Waals surface area contributed by atoms with Crippen LogP contribution < -0.4 is 10.6 Å². The summed E-state index contributed by atoms with van der Waals surface area (Å²) in [7, 11) is 0. The van der Waals surface area contributed by atoms with Crippen LogP contribution in [0.15, 0.2) is 52.9 Å². The Morgan fingerprint density at radius 3 is 2.70 bits per heavy atom. The summed E-state index contributed by atoms with van der Waals surface area (Å²) in [5.41, 5.74) is 2.60. The fourth-order valence-corrected chi connectivity index (χ4v) is 3.23. The Morgan fingerprint density at radius 1 is 1.07 bits per heavy atom. The Labute approximate surface area is 156 Å². The Morgan fingerprint density at radius 2 is 1.93 bits per heavy atom. The van der Waals surface area contributed by atoms with Crippen LogP contribution in [0.5, 0.6) is 0 Å². The molecule has 2 amide bonds. The van der Waals surface area contributed by atoms with E-state index in [4.69, 9.17) is 9.15 Å². The average molecular weight is 364 g/mol. The first-order chi connectivity index (χ1) is 13.1. The van der Waals surface area contributed by atoms with Gasteiger partial charge >= 0.3 is 0 Å². The highest BCUT2D eigenvalue weighted by Gasteiger charge is 2.28. The molecular weight excluding hydrogens is 344 g/mol. The second-order valence-corrected chi connectivity index (χ2v) is 6.62. The third-order valence-electron chi connectivity index (χ3n) is 4.55. The quantitative estimate of drug-likeness (QED) is 0.730. The van der Waals surface area contributed by atoms with Crippen molar-refractivity contribution >= 4 is 34.2 Å². The van der Waals surface area contributed by atoms with E-state index in [0.29, 0.717) is 35.4 Å². The molecule has 0 aliphatic carbocycles. The van der Waals surface area contributed by atoms with Gasteiger partial charge in [-0.2, -0.15) is 0 Å². The topological polar surface area (TPSA) is 80.6 Å². The molecule has 0 saturated carbocycles. The monoisotopic (exact) mass is 364 g/mol. The third kappa shape index (κ3) is 3.57. The molecule has 1 aliphatic rings. The number of anilines is 2. The molecule has 2 aromatic carbocycles. The highest BCUT2D eigenvalue weighted by molar-refractivity contribution is 6.15. The lowest BCUT2D eigenvalue weighted by atomic mass is 10.2. The smallest absolute Gasteiger partial charge is 0.293 e. The number of para-hydroxylation sites is 1. The maximum Gasteiger partial charge on any atom is 0.293 e. The molecule has 6 nitrogen and oxygen atoms in total. The number of benzene rings is 2. The van der Waals surface area contributed by atoms with Gasteiger partial charge in [0.25, 0.3) is 11.8 Å². The fraction of sp³-hybridized carbons (Fsp3) is 0.238. The maximum absolute atomic E-state index is 12.8. The van der Waals surface area contributed by atoms with Crippen LogP contribution in [-0.4, -0.2) is 24.5 Å². The van der Waals surface area contributed by atoms with Crippen molar-refractivity contribution in [2.24, 2.45) is 0 Å². The van der Waals surface area contributed by atoms with Gasteiger partial charge in [-0.15, -0.1) is 0 Å². The van der Waals surface area contributed by atoms with E-state index >= 15 is 0 Å². The lowest BCUT2D eigenvalue weighted by molar-refractivity contribution is -0.124. The van der Waals surface area contributed by atoms with E-state index in [1.165, 1.54) is 0 Å². The van der Waals surface area contributed by atoms with Crippen LogP contribution in [0.1, 0.15) is 29.0 Å². The predicted molar refractivity (Wildman–Crippen MR) is 103 cm³/mol. The number of rotatable bonds is 4. The molecule has 6 heteroatoms. The molecule has 2 heterocycles. The van der Waals surface area contributed by atoms with E-state index in [2.05, 4.69) is 10.6 Å². The lowest BCUT2D eigenvalue weighted by Gasteiger charge is -2.11. The largest absolute Gasteiger partial charge is 0.449 e. The van der Waals surface area contributed by atoms with Gasteiger partial charge < -0.3 is 19.8 Å². The van der Waals surface area contributed by atoms with E-state index in [-0.39, 0.29) is 11.7 Å². The molecule has 27 heavy (non-hydrogen) atoms. The van der Waals surface area contributed by atoms with Crippen LogP contribution in [0.4, 0.5) is 11.4 Å². The fourth-order valence-electron chi connectivity index (χ4n) is 3.23. The van der Waals surface area contributed by atoms with Gasteiger partial charge in [0.1, 0.15) is 17.4 Å². The molecule has 1 atom stereocenters. The second kappa shape index (κ2) is 7.25. The minimum atomic E-state index is -0.494. The molecule has 3 aromatic rings. The number of nitrogens with one attached hydrogen (secondary N) is 2. The van der Waals surface area contributed by atoms with Gasteiger partial charge in [0.15, 0.2) is 0 Å². The molecule has 1 saturated heterocycles. The first-order valence-electron chi connectivity index (χ1n) is 8.94. The van der Waals surface area contributed by atoms with Crippen LogP contribution in [0.2, 0.25) is 0 Å². The summed E-state index contributed by atoms with van der Waals surface area (Å²) < 4.78 is 11.2. The number of ether oxygens (including phenoxy) is 1.